The summed E-state index contributed by atoms with van der Waals surface area (Å²) in [7, 11) is -3.07. The number of sulfonamides is 1. The number of nitrogens with one attached hydrogen (secondary N) is 1. The number of carboxylic acids is 1. The van der Waals surface area contributed by atoms with E-state index in [2.05, 4.69) is 9.62 Å². The van der Waals surface area contributed by atoms with Gasteiger partial charge in [-0.05, 0) is 55.6 Å². The van der Waals surface area contributed by atoms with Gasteiger partial charge in [0.15, 0.2) is 0 Å². The Hall–Kier alpha value is -2.95. The van der Waals surface area contributed by atoms with Gasteiger partial charge in [-0.3, -0.25) is 4.90 Å². The van der Waals surface area contributed by atoms with E-state index in [4.69, 9.17) is 9.47 Å². The Morgan fingerprint density at radius 1 is 1.12 bits per heavy atom. The van der Waals surface area contributed by atoms with Crippen molar-refractivity contribution in [2.24, 2.45) is 5.92 Å². The van der Waals surface area contributed by atoms with Crippen molar-refractivity contribution in [2.75, 3.05) is 26.7 Å². The summed E-state index contributed by atoms with van der Waals surface area (Å²) in [6.45, 7) is 2.60. The number of esters is 1. The number of carbonyl (C=O) groups excluding carboxylic acids is 1. The molecule has 2 atom stereocenters. The maximum Gasteiger partial charge on any atom is 0.335 e. The fourth-order valence-corrected chi connectivity index (χ4v) is 5.77. The molecule has 0 saturated carbocycles. The standard InChI is InChI=1S/C23H26N2O7S/c1-31-18-8-7-17(22(26)27)13-20(18)33(29,30)24-21(16-5-3-2-4-6-16)23(28)32-19-14-25-11-9-15(19)10-12-25/h2-8,13,15,19,21,24H,9-12,14H2,1H3,(H,26,27)/t19-,21?/m0/s1. The smallest absolute Gasteiger partial charge is 0.335 e. The molecule has 33 heavy (non-hydrogen) atoms. The first kappa shape index (κ1) is 23.2. The predicted octanol–water partition coefficient (Wildman–Crippen LogP) is 2.05. The Morgan fingerprint density at radius 2 is 1.82 bits per heavy atom. The van der Waals surface area contributed by atoms with E-state index in [1.807, 2.05) is 0 Å². The molecule has 3 heterocycles. The first-order chi connectivity index (χ1) is 15.8. The average Bonchev–Trinajstić information content (AvgIpc) is 2.83. The lowest BCUT2D eigenvalue weighted by Crippen LogP contribution is -2.52. The number of carbonyl (C=O) groups is 2. The van der Waals surface area contributed by atoms with Crippen LogP contribution in [-0.2, 0) is 19.6 Å². The molecule has 1 unspecified atom stereocenters. The zero-order valence-electron chi connectivity index (χ0n) is 18.1. The number of hydrogen-bond acceptors (Lipinski definition) is 7. The summed E-state index contributed by atoms with van der Waals surface area (Å²) in [6.07, 6.45) is 1.60. The molecule has 3 saturated heterocycles. The van der Waals surface area contributed by atoms with E-state index in [1.165, 1.54) is 19.2 Å². The number of benzene rings is 2. The van der Waals surface area contributed by atoms with Crippen LogP contribution in [0.4, 0.5) is 0 Å². The molecule has 3 fully saturated rings. The average molecular weight is 475 g/mol. The Bertz CT molecular complexity index is 1130. The third-order valence-corrected chi connectivity index (χ3v) is 7.65. The number of aromatic carboxylic acids is 1. The summed E-state index contributed by atoms with van der Waals surface area (Å²) < 4.78 is 39.9. The van der Waals surface area contributed by atoms with Gasteiger partial charge in [-0.1, -0.05) is 30.3 Å². The zero-order valence-corrected chi connectivity index (χ0v) is 19.0. The summed E-state index contributed by atoms with van der Waals surface area (Å²) in [6, 6.07) is 10.6. The lowest BCUT2D eigenvalue weighted by atomic mass is 9.86. The molecule has 9 nitrogen and oxygen atoms in total. The number of carboxylic acid groups (broad SMARTS) is 1. The molecule has 0 aliphatic carbocycles. The second kappa shape index (κ2) is 9.50. The van der Waals surface area contributed by atoms with Crippen LogP contribution in [-0.4, -0.2) is 63.2 Å². The van der Waals surface area contributed by atoms with Gasteiger partial charge in [0.05, 0.1) is 12.7 Å². The number of methoxy groups -OCH3 is 1. The van der Waals surface area contributed by atoms with Gasteiger partial charge in [0.1, 0.15) is 22.8 Å². The number of fused-ring (bicyclic) bond motifs is 3. The van der Waals surface area contributed by atoms with Gasteiger partial charge < -0.3 is 14.6 Å². The van der Waals surface area contributed by atoms with Gasteiger partial charge in [0.25, 0.3) is 0 Å². The van der Waals surface area contributed by atoms with Crippen LogP contribution in [0.15, 0.2) is 53.4 Å². The summed E-state index contributed by atoms with van der Waals surface area (Å²) in [5.74, 6) is -1.75. The number of rotatable bonds is 8. The van der Waals surface area contributed by atoms with Crippen LogP contribution in [0.25, 0.3) is 0 Å². The Morgan fingerprint density at radius 3 is 2.39 bits per heavy atom. The molecule has 3 aliphatic rings. The quantitative estimate of drug-likeness (QED) is 0.558. The summed E-state index contributed by atoms with van der Waals surface area (Å²) in [5, 5.41) is 9.29. The second-order valence-corrected chi connectivity index (χ2v) is 9.93. The Kier molecular flexibility index (Phi) is 6.68. The largest absolute Gasteiger partial charge is 0.495 e. The maximum absolute atomic E-state index is 13.3. The van der Waals surface area contributed by atoms with Crippen molar-refractivity contribution in [3.63, 3.8) is 0 Å². The minimum absolute atomic E-state index is 0.0370. The minimum atomic E-state index is -4.35. The molecule has 176 valence electrons. The van der Waals surface area contributed by atoms with Crippen LogP contribution < -0.4 is 9.46 Å². The van der Waals surface area contributed by atoms with Crippen molar-refractivity contribution in [1.82, 2.24) is 9.62 Å². The number of piperidine rings is 3. The van der Waals surface area contributed by atoms with E-state index >= 15 is 0 Å². The molecule has 10 heteroatoms. The van der Waals surface area contributed by atoms with Crippen LogP contribution >= 0.6 is 0 Å². The molecule has 3 aliphatic heterocycles. The van der Waals surface area contributed by atoms with Gasteiger partial charge in [-0.15, -0.1) is 0 Å². The summed E-state index contributed by atoms with van der Waals surface area (Å²) >= 11 is 0. The topological polar surface area (TPSA) is 122 Å². The molecular formula is C23H26N2O7S. The van der Waals surface area contributed by atoms with Gasteiger partial charge >= 0.3 is 11.9 Å². The van der Waals surface area contributed by atoms with Gasteiger partial charge in [-0.25, -0.2) is 18.0 Å². The number of ether oxygens (including phenoxy) is 2. The van der Waals surface area contributed by atoms with Crippen molar-refractivity contribution in [1.29, 1.82) is 0 Å². The van der Waals surface area contributed by atoms with Crippen LogP contribution in [0.5, 0.6) is 5.75 Å². The predicted molar refractivity (Wildman–Crippen MR) is 119 cm³/mol. The van der Waals surface area contributed by atoms with Crippen molar-refractivity contribution in [2.45, 2.75) is 29.9 Å². The van der Waals surface area contributed by atoms with Crippen molar-refractivity contribution in [3.05, 3.63) is 59.7 Å². The minimum Gasteiger partial charge on any atom is -0.495 e. The van der Waals surface area contributed by atoms with E-state index in [1.54, 1.807) is 30.3 Å². The lowest BCUT2D eigenvalue weighted by molar-refractivity contribution is -0.161. The van der Waals surface area contributed by atoms with Crippen LogP contribution in [0, 0.1) is 5.92 Å². The highest BCUT2D eigenvalue weighted by atomic mass is 32.2. The first-order valence-electron chi connectivity index (χ1n) is 10.7. The summed E-state index contributed by atoms with van der Waals surface area (Å²) in [4.78, 5) is 26.5. The monoisotopic (exact) mass is 474 g/mol. The van der Waals surface area contributed by atoms with Crippen molar-refractivity contribution in [3.8, 4) is 5.75 Å². The van der Waals surface area contributed by atoms with E-state index in [9.17, 15) is 23.1 Å². The first-order valence-corrected chi connectivity index (χ1v) is 12.2. The molecule has 0 aromatic heterocycles. The third-order valence-electron chi connectivity index (χ3n) is 6.21. The maximum atomic E-state index is 13.3. The van der Waals surface area contributed by atoms with Crippen LogP contribution in [0.1, 0.15) is 34.8 Å². The molecule has 0 amide bonds. The molecule has 2 bridgehead atoms. The van der Waals surface area contributed by atoms with Gasteiger partial charge in [-0.2, -0.15) is 4.72 Å². The highest BCUT2D eigenvalue weighted by Gasteiger charge is 2.39. The lowest BCUT2D eigenvalue weighted by Gasteiger charge is -2.44. The van der Waals surface area contributed by atoms with Crippen molar-refractivity contribution < 1.29 is 32.6 Å². The van der Waals surface area contributed by atoms with E-state index < -0.39 is 28.0 Å². The molecule has 2 N–H and O–H groups in total. The van der Waals surface area contributed by atoms with E-state index in [0.717, 1.165) is 32.0 Å². The molecule has 2 aromatic carbocycles. The number of nitrogens with zero attached hydrogens (tertiary/aromatic N) is 1. The molecule has 0 radical (unpaired) electrons. The van der Waals surface area contributed by atoms with Gasteiger partial charge in [0.2, 0.25) is 10.0 Å². The molecule has 2 aromatic rings. The highest BCUT2D eigenvalue weighted by molar-refractivity contribution is 7.89. The van der Waals surface area contributed by atoms with E-state index in [-0.39, 0.29) is 28.2 Å². The molecule has 0 spiro atoms. The van der Waals surface area contributed by atoms with Crippen LogP contribution in [0.2, 0.25) is 0 Å². The molecule has 5 rings (SSSR count). The number of hydrogen-bond donors (Lipinski definition) is 2. The normalized spacial score (nSPS) is 23.0. The van der Waals surface area contributed by atoms with Crippen molar-refractivity contribution >= 4 is 22.0 Å². The highest BCUT2D eigenvalue weighted by Crippen LogP contribution is 2.32. The second-order valence-electron chi connectivity index (χ2n) is 8.25. The Labute approximate surface area is 192 Å². The SMILES string of the molecule is COc1ccc(C(=O)O)cc1S(=O)(=O)NC(C(=O)O[C@H]1CN2CCC1CC2)c1ccccc1. The zero-order chi connectivity index (χ0) is 23.6. The van der Waals surface area contributed by atoms with E-state index in [0.29, 0.717) is 12.1 Å². The van der Waals surface area contributed by atoms with Crippen LogP contribution in [0.3, 0.4) is 0 Å². The summed E-state index contributed by atoms with van der Waals surface area (Å²) in [5.41, 5.74) is 0.197. The third kappa shape index (κ3) is 5.02. The molecular weight excluding hydrogens is 448 g/mol. The fourth-order valence-electron chi connectivity index (χ4n) is 4.40. The Balaban J connectivity index is 1.64. The fraction of sp³-hybridized carbons (Fsp3) is 0.391. The van der Waals surface area contributed by atoms with Gasteiger partial charge in [0, 0.05) is 6.54 Å².